The highest BCUT2D eigenvalue weighted by Crippen LogP contribution is 2.32. The first-order valence-electron chi connectivity index (χ1n) is 5.68. The lowest BCUT2D eigenvalue weighted by Gasteiger charge is -2.24. The Morgan fingerprint density at radius 2 is 2.00 bits per heavy atom. The molecule has 2 unspecified atom stereocenters. The Morgan fingerprint density at radius 1 is 1.36 bits per heavy atom. The van der Waals surface area contributed by atoms with Crippen molar-refractivity contribution in [1.29, 1.82) is 0 Å². The Kier molecular flexibility index (Phi) is 2.77. The molecule has 0 spiro atoms. The van der Waals surface area contributed by atoms with Gasteiger partial charge in [-0.15, -0.1) is 0 Å². The summed E-state index contributed by atoms with van der Waals surface area (Å²) in [6, 6.07) is 0.256. The molecule has 3 nitrogen and oxygen atoms in total. The molecular formula is C11H20N2O. The van der Waals surface area contributed by atoms with Gasteiger partial charge in [0.15, 0.2) is 0 Å². The number of amides is 1. The van der Waals surface area contributed by atoms with Crippen LogP contribution in [0.3, 0.4) is 0 Å². The van der Waals surface area contributed by atoms with E-state index in [0.29, 0.717) is 18.3 Å². The Balaban J connectivity index is 1.92. The predicted molar refractivity (Wildman–Crippen MR) is 55.7 cm³/mol. The van der Waals surface area contributed by atoms with Crippen LogP contribution in [0.4, 0.5) is 0 Å². The second-order valence-electron chi connectivity index (χ2n) is 4.86. The van der Waals surface area contributed by atoms with Gasteiger partial charge in [-0.05, 0) is 18.8 Å². The van der Waals surface area contributed by atoms with Crippen LogP contribution in [0.5, 0.6) is 0 Å². The fourth-order valence-electron chi connectivity index (χ4n) is 2.88. The molecule has 1 heterocycles. The number of nitrogens with zero attached hydrogens (tertiary/aromatic N) is 1. The molecule has 2 aliphatic rings. The van der Waals surface area contributed by atoms with E-state index in [1.54, 1.807) is 0 Å². The minimum absolute atomic E-state index is 0.256. The van der Waals surface area contributed by atoms with Crippen molar-refractivity contribution < 1.29 is 4.79 Å². The number of hydrogen-bond acceptors (Lipinski definition) is 2. The third-order valence-electron chi connectivity index (χ3n) is 3.86. The molecule has 1 saturated carbocycles. The Bertz CT molecular complexity index is 223. The summed E-state index contributed by atoms with van der Waals surface area (Å²) in [7, 11) is 1.88. The van der Waals surface area contributed by atoms with Gasteiger partial charge in [0.05, 0.1) is 0 Å². The second-order valence-corrected chi connectivity index (χ2v) is 4.86. The second kappa shape index (κ2) is 3.89. The van der Waals surface area contributed by atoms with Gasteiger partial charge >= 0.3 is 0 Å². The summed E-state index contributed by atoms with van der Waals surface area (Å²) >= 11 is 0. The third kappa shape index (κ3) is 1.78. The minimum Gasteiger partial charge on any atom is -0.345 e. The standard InChI is InChI=1S/C11H20N2O/c1-13-7-9(6-10(13)14)11(12)8-4-2-3-5-8/h8-9,11H,2-7,12H2,1H3. The smallest absolute Gasteiger partial charge is 0.222 e. The Hall–Kier alpha value is -0.570. The maximum absolute atomic E-state index is 11.4. The third-order valence-corrected chi connectivity index (χ3v) is 3.86. The lowest BCUT2D eigenvalue weighted by molar-refractivity contribution is -0.126. The molecule has 3 heteroatoms. The molecular weight excluding hydrogens is 176 g/mol. The van der Waals surface area contributed by atoms with Gasteiger partial charge in [0, 0.05) is 32.0 Å². The van der Waals surface area contributed by atoms with Crippen molar-refractivity contribution in [2.24, 2.45) is 17.6 Å². The molecule has 0 radical (unpaired) electrons. The van der Waals surface area contributed by atoms with Crippen LogP contribution >= 0.6 is 0 Å². The number of rotatable bonds is 2. The van der Waals surface area contributed by atoms with E-state index in [0.717, 1.165) is 6.54 Å². The van der Waals surface area contributed by atoms with Crippen LogP contribution in [0.1, 0.15) is 32.1 Å². The van der Waals surface area contributed by atoms with Crippen molar-refractivity contribution in [1.82, 2.24) is 4.90 Å². The van der Waals surface area contributed by atoms with Gasteiger partial charge < -0.3 is 10.6 Å². The normalized spacial score (nSPS) is 31.4. The van der Waals surface area contributed by atoms with Gasteiger partial charge in [0.2, 0.25) is 5.91 Å². The number of hydrogen-bond donors (Lipinski definition) is 1. The monoisotopic (exact) mass is 196 g/mol. The predicted octanol–water partition coefficient (Wildman–Crippen LogP) is 0.982. The van der Waals surface area contributed by atoms with E-state index in [9.17, 15) is 4.79 Å². The van der Waals surface area contributed by atoms with Crippen LogP contribution in [0.15, 0.2) is 0 Å². The Labute approximate surface area is 85.6 Å². The molecule has 0 aromatic carbocycles. The minimum atomic E-state index is 0.256. The van der Waals surface area contributed by atoms with Gasteiger partial charge in [0.25, 0.3) is 0 Å². The zero-order valence-corrected chi connectivity index (χ0v) is 8.91. The first-order valence-corrected chi connectivity index (χ1v) is 5.68. The number of nitrogens with two attached hydrogens (primary N) is 1. The highest BCUT2D eigenvalue weighted by atomic mass is 16.2. The molecule has 1 amide bonds. The van der Waals surface area contributed by atoms with Crippen molar-refractivity contribution >= 4 is 5.91 Å². The largest absolute Gasteiger partial charge is 0.345 e. The van der Waals surface area contributed by atoms with Crippen LogP contribution in [0, 0.1) is 11.8 Å². The fraction of sp³-hybridized carbons (Fsp3) is 0.909. The quantitative estimate of drug-likeness (QED) is 0.715. The Morgan fingerprint density at radius 3 is 2.50 bits per heavy atom. The lowest BCUT2D eigenvalue weighted by atomic mass is 9.87. The van der Waals surface area contributed by atoms with Gasteiger partial charge in [-0.2, -0.15) is 0 Å². The zero-order valence-electron chi connectivity index (χ0n) is 8.91. The summed E-state index contributed by atoms with van der Waals surface area (Å²) < 4.78 is 0. The maximum Gasteiger partial charge on any atom is 0.222 e. The van der Waals surface area contributed by atoms with Crippen molar-refractivity contribution in [3.8, 4) is 0 Å². The van der Waals surface area contributed by atoms with Gasteiger partial charge in [-0.3, -0.25) is 4.79 Å². The molecule has 2 rings (SSSR count). The van der Waals surface area contributed by atoms with E-state index in [1.165, 1.54) is 25.7 Å². The van der Waals surface area contributed by atoms with Crippen LogP contribution < -0.4 is 5.73 Å². The summed E-state index contributed by atoms with van der Waals surface area (Å²) in [5.74, 6) is 1.36. The fourth-order valence-corrected chi connectivity index (χ4v) is 2.88. The average molecular weight is 196 g/mol. The summed E-state index contributed by atoms with van der Waals surface area (Å²) in [5.41, 5.74) is 6.23. The maximum atomic E-state index is 11.4. The summed E-state index contributed by atoms with van der Waals surface area (Å²) in [5, 5.41) is 0. The molecule has 0 aromatic heterocycles. The van der Waals surface area contributed by atoms with Crippen molar-refractivity contribution in [3.05, 3.63) is 0 Å². The summed E-state index contributed by atoms with van der Waals surface area (Å²) in [4.78, 5) is 13.2. The van der Waals surface area contributed by atoms with Crippen LogP contribution in [-0.4, -0.2) is 30.4 Å². The molecule has 1 aliphatic carbocycles. The number of carbonyl (C=O) groups is 1. The van der Waals surface area contributed by atoms with E-state index < -0.39 is 0 Å². The van der Waals surface area contributed by atoms with Crippen molar-refractivity contribution in [2.75, 3.05) is 13.6 Å². The SMILES string of the molecule is CN1CC(C(N)C2CCCC2)CC1=O. The molecule has 1 saturated heterocycles. The highest BCUT2D eigenvalue weighted by Gasteiger charge is 2.35. The van der Waals surface area contributed by atoms with Crippen LogP contribution in [0.2, 0.25) is 0 Å². The molecule has 2 fully saturated rings. The molecule has 1 aliphatic heterocycles. The number of carbonyl (C=O) groups excluding carboxylic acids is 1. The van der Waals surface area contributed by atoms with E-state index >= 15 is 0 Å². The van der Waals surface area contributed by atoms with Crippen molar-refractivity contribution in [2.45, 2.75) is 38.1 Å². The first-order chi connectivity index (χ1) is 6.68. The van der Waals surface area contributed by atoms with E-state index in [-0.39, 0.29) is 11.9 Å². The van der Waals surface area contributed by atoms with Crippen molar-refractivity contribution in [3.63, 3.8) is 0 Å². The topological polar surface area (TPSA) is 46.3 Å². The molecule has 0 aromatic rings. The first kappa shape index (κ1) is 9.97. The van der Waals surface area contributed by atoms with Gasteiger partial charge in [-0.25, -0.2) is 0 Å². The van der Waals surface area contributed by atoms with E-state index in [4.69, 9.17) is 5.73 Å². The summed E-state index contributed by atoms with van der Waals surface area (Å²) in [6.07, 6.45) is 5.88. The lowest BCUT2D eigenvalue weighted by Crippen LogP contribution is -2.37. The summed E-state index contributed by atoms with van der Waals surface area (Å²) in [6.45, 7) is 0.872. The van der Waals surface area contributed by atoms with E-state index in [1.807, 2.05) is 11.9 Å². The molecule has 2 atom stereocenters. The van der Waals surface area contributed by atoms with E-state index in [2.05, 4.69) is 0 Å². The number of likely N-dealkylation sites (tertiary alicyclic amines) is 1. The molecule has 0 bridgehead atoms. The molecule has 2 N–H and O–H groups in total. The van der Waals surface area contributed by atoms with Crippen LogP contribution in [-0.2, 0) is 4.79 Å². The van der Waals surface area contributed by atoms with Gasteiger partial charge in [0.1, 0.15) is 0 Å². The average Bonchev–Trinajstić information content (AvgIpc) is 2.76. The van der Waals surface area contributed by atoms with Crippen LogP contribution in [0.25, 0.3) is 0 Å². The molecule has 80 valence electrons. The van der Waals surface area contributed by atoms with Gasteiger partial charge in [-0.1, -0.05) is 12.8 Å². The highest BCUT2D eigenvalue weighted by molar-refractivity contribution is 5.78. The zero-order chi connectivity index (χ0) is 10.1. The molecule has 14 heavy (non-hydrogen) atoms.